The minimum atomic E-state index is 0.662. The fraction of sp³-hybridized carbons (Fsp3) is 0.600. The van der Waals surface area contributed by atoms with Gasteiger partial charge in [-0.05, 0) is 29.9 Å². The van der Waals surface area contributed by atoms with Crippen LogP contribution in [0.15, 0.2) is 24.3 Å². The van der Waals surface area contributed by atoms with Crippen LogP contribution in [0.4, 0.5) is 0 Å². The lowest BCUT2D eigenvalue weighted by Crippen LogP contribution is -1.96. The van der Waals surface area contributed by atoms with E-state index >= 15 is 0 Å². The van der Waals surface area contributed by atoms with Crippen molar-refractivity contribution in [2.75, 3.05) is 6.61 Å². The summed E-state index contributed by atoms with van der Waals surface area (Å²) in [6, 6.07) is 8.83. The van der Waals surface area contributed by atoms with Crippen molar-refractivity contribution in [2.45, 2.75) is 52.6 Å². The molecule has 0 fully saturated rings. The average molecular weight is 220 g/mol. The zero-order valence-corrected chi connectivity index (χ0v) is 10.8. The molecule has 1 aromatic rings. The molecule has 1 atom stereocenters. The predicted octanol–water partition coefficient (Wildman–Crippen LogP) is 4.52. The summed E-state index contributed by atoms with van der Waals surface area (Å²) in [5, 5.41) is 0. The standard InChI is InChI=1S/C15H24O/c1-4-6-11-16-12-14-7-9-15(10-8-14)13(3)5-2/h7-10,13H,4-6,11-12H2,1-3H3. The molecule has 0 N–H and O–H groups in total. The maximum absolute atomic E-state index is 5.59. The summed E-state index contributed by atoms with van der Waals surface area (Å²) >= 11 is 0. The first-order valence-corrected chi connectivity index (χ1v) is 6.44. The van der Waals surface area contributed by atoms with E-state index in [0.29, 0.717) is 5.92 Å². The van der Waals surface area contributed by atoms with Gasteiger partial charge in [0.05, 0.1) is 6.61 Å². The van der Waals surface area contributed by atoms with Gasteiger partial charge in [0.25, 0.3) is 0 Å². The molecule has 0 amide bonds. The molecule has 1 rings (SSSR count). The highest BCUT2D eigenvalue weighted by atomic mass is 16.5. The van der Waals surface area contributed by atoms with Crippen LogP contribution in [0, 0.1) is 0 Å². The molecule has 0 spiro atoms. The third-order valence-electron chi connectivity index (χ3n) is 3.07. The van der Waals surface area contributed by atoms with Gasteiger partial charge in [-0.25, -0.2) is 0 Å². The second-order valence-electron chi connectivity index (χ2n) is 4.46. The van der Waals surface area contributed by atoms with E-state index in [-0.39, 0.29) is 0 Å². The summed E-state index contributed by atoms with van der Waals surface area (Å²) < 4.78 is 5.59. The van der Waals surface area contributed by atoms with E-state index in [1.54, 1.807) is 0 Å². The van der Waals surface area contributed by atoms with Gasteiger partial charge in [0.15, 0.2) is 0 Å². The third kappa shape index (κ3) is 4.36. The van der Waals surface area contributed by atoms with Crippen molar-refractivity contribution < 1.29 is 4.74 Å². The Morgan fingerprint density at radius 2 is 1.81 bits per heavy atom. The Morgan fingerprint density at radius 1 is 1.12 bits per heavy atom. The molecule has 0 heterocycles. The van der Waals surface area contributed by atoms with Crippen molar-refractivity contribution in [2.24, 2.45) is 0 Å². The van der Waals surface area contributed by atoms with Crippen LogP contribution in [0.1, 0.15) is 57.1 Å². The zero-order valence-electron chi connectivity index (χ0n) is 10.8. The first kappa shape index (κ1) is 13.2. The Balaban J connectivity index is 2.39. The van der Waals surface area contributed by atoms with Gasteiger partial charge in [-0.2, -0.15) is 0 Å². The van der Waals surface area contributed by atoms with Crippen LogP contribution in [0.2, 0.25) is 0 Å². The summed E-state index contributed by atoms with van der Waals surface area (Å²) in [5.74, 6) is 0.662. The highest BCUT2D eigenvalue weighted by Crippen LogP contribution is 2.18. The second-order valence-corrected chi connectivity index (χ2v) is 4.46. The molecule has 90 valence electrons. The Kier molecular flexibility index (Phi) is 6.17. The van der Waals surface area contributed by atoms with Crippen LogP contribution in [0.25, 0.3) is 0 Å². The number of rotatable bonds is 7. The lowest BCUT2D eigenvalue weighted by atomic mass is 9.98. The molecule has 0 aromatic heterocycles. The average Bonchev–Trinajstić information content (AvgIpc) is 2.34. The first-order valence-electron chi connectivity index (χ1n) is 6.44. The molecule has 0 aliphatic rings. The van der Waals surface area contributed by atoms with Crippen LogP contribution in [-0.2, 0) is 11.3 Å². The van der Waals surface area contributed by atoms with Crippen LogP contribution < -0.4 is 0 Å². The molecular weight excluding hydrogens is 196 g/mol. The molecule has 1 nitrogen and oxygen atoms in total. The Bertz CT molecular complexity index is 276. The maximum Gasteiger partial charge on any atom is 0.0716 e. The summed E-state index contributed by atoms with van der Waals surface area (Å²) in [6.45, 7) is 8.31. The van der Waals surface area contributed by atoms with E-state index in [2.05, 4.69) is 45.0 Å². The largest absolute Gasteiger partial charge is 0.377 e. The lowest BCUT2D eigenvalue weighted by Gasteiger charge is -2.10. The highest BCUT2D eigenvalue weighted by molar-refractivity contribution is 5.24. The van der Waals surface area contributed by atoms with Crippen molar-refractivity contribution >= 4 is 0 Å². The summed E-state index contributed by atoms with van der Waals surface area (Å²) in [6.07, 6.45) is 3.56. The number of benzene rings is 1. The molecule has 0 bridgehead atoms. The molecule has 0 aliphatic heterocycles. The Morgan fingerprint density at radius 3 is 2.38 bits per heavy atom. The van der Waals surface area contributed by atoms with Crippen molar-refractivity contribution in [1.82, 2.24) is 0 Å². The SMILES string of the molecule is CCCCOCc1ccc(C(C)CC)cc1. The van der Waals surface area contributed by atoms with Crippen molar-refractivity contribution in [3.8, 4) is 0 Å². The van der Waals surface area contributed by atoms with E-state index in [1.807, 2.05) is 0 Å². The van der Waals surface area contributed by atoms with Crippen LogP contribution in [-0.4, -0.2) is 6.61 Å². The van der Waals surface area contributed by atoms with Crippen LogP contribution in [0.5, 0.6) is 0 Å². The Hall–Kier alpha value is -0.820. The molecule has 16 heavy (non-hydrogen) atoms. The van der Waals surface area contributed by atoms with Crippen molar-refractivity contribution in [3.05, 3.63) is 35.4 Å². The van der Waals surface area contributed by atoms with Crippen LogP contribution in [0.3, 0.4) is 0 Å². The normalized spacial score (nSPS) is 12.7. The summed E-state index contributed by atoms with van der Waals surface area (Å²) in [7, 11) is 0. The smallest absolute Gasteiger partial charge is 0.0716 e. The maximum atomic E-state index is 5.59. The lowest BCUT2D eigenvalue weighted by molar-refractivity contribution is 0.118. The fourth-order valence-electron chi connectivity index (χ4n) is 1.61. The van der Waals surface area contributed by atoms with E-state index in [1.165, 1.54) is 24.0 Å². The van der Waals surface area contributed by atoms with Gasteiger partial charge in [0, 0.05) is 6.61 Å². The monoisotopic (exact) mass is 220 g/mol. The number of hydrogen-bond acceptors (Lipinski definition) is 1. The van der Waals surface area contributed by atoms with E-state index in [9.17, 15) is 0 Å². The topological polar surface area (TPSA) is 9.23 Å². The minimum absolute atomic E-state index is 0.662. The molecule has 0 saturated heterocycles. The number of ether oxygens (including phenoxy) is 1. The second kappa shape index (κ2) is 7.45. The molecular formula is C15H24O. The van der Waals surface area contributed by atoms with Crippen LogP contribution >= 0.6 is 0 Å². The molecule has 1 unspecified atom stereocenters. The summed E-state index contributed by atoms with van der Waals surface area (Å²) in [5.41, 5.74) is 2.71. The minimum Gasteiger partial charge on any atom is -0.377 e. The van der Waals surface area contributed by atoms with E-state index < -0.39 is 0 Å². The first-order chi connectivity index (χ1) is 7.77. The van der Waals surface area contributed by atoms with Gasteiger partial charge in [0.1, 0.15) is 0 Å². The van der Waals surface area contributed by atoms with Gasteiger partial charge >= 0.3 is 0 Å². The number of hydrogen-bond donors (Lipinski definition) is 0. The van der Waals surface area contributed by atoms with E-state index in [0.717, 1.165) is 19.6 Å². The fourth-order valence-corrected chi connectivity index (χ4v) is 1.61. The van der Waals surface area contributed by atoms with E-state index in [4.69, 9.17) is 4.74 Å². The number of unbranched alkanes of at least 4 members (excludes halogenated alkanes) is 1. The molecule has 1 aromatic carbocycles. The zero-order chi connectivity index (χ0) is 11.8. The molecule has 0 aliphatic carbocycles. The summed E-state index contributed by atoms with van der Waals surface area (Å²) in [4.78, 5) is 0. The molecule has 0 saturated carbocycles. The van der Waals surface area contributed by atoms with Gasteiger partial charge in [0.2, 0.25) is 0 Å². The molecule has 1 heteroatoms. The van der Waals surface area contributed by atoms with Gasteiger partial charge in [-0.1, -0.05) is 51.5 Å². The quantitative estimate of drug-likeness (QED) is 0.614. The highest BCUT2D eigenvalue weighted by Gasteiger charge is 2.02. The predicted molar refractivity (Wildman–Crippen MR) is 69.7 cm³/mol. The molecule has 0 radical (unpaired) electrons. The van der Waals surface area contributed by atoms with Gasteiger partial charge in [-0.15, -0.1) is 0 Å². The third-order valence-corrected chi connectivity index (χ3v) is 3.07. The van der Waals surface area contributed by atoms with Gasteiger partial charge in [-0.3, -0.25) is 0 Å². The Labute approximate surface area is 99.8 Å². The van der Waals surface area contributed by atoms with Crippen molar-refractivity contribution in [1.29, 1.82) is 0 Å². The van der Waals surface area contributed by atoms with Gasteiger partial charge < -0.3 is 4.74 Å². The van der Waals surface area contributed by atoms with Crippen molar-refractivity contribution in [3.63, 3.8) is 0 Å².